The Morgan fingerprint density at radius 2 is 1.83 bits per heavy atom. The summed E-state index contributed by atoms with van der Waals surface area (Å²) in [6, 6.07) is 15.6. The summed E-state index contributed by atoms with van der Waals surface area (Å²) in [5, 5.41) is 11.0. The minimum atomic E-state index is -0.663. The number of methoxy groups -OCH3 is 1. The molecule has 3 rings (SSSR count). The molecule has 1 aliphatic rings. The van der Waals surface area contributed by atoms with Gasteiger partial charge in [0.15, 0.2) is 0 Å². The number of hydrogen-bond donors (Lipinski definition) is 1. The molecule has 29 heavy (non-hydrogen) atoms. The number of carbonyl (C=O) groups is 2. The molecule has 0 aromatic heterocycles. The van der Waals surface area contributed by atoms with E-state index in [1.165, 1.54) is 7.11 Å². The molecule has 152 valence electrons. The van der Waals surface area contributed by atoms with Crippen LogP contribution in [0.4, 0.5) is 0 Å². The van der Waals surface area contributed by atoms with Gasteiger partial charge in [-0.25, -0.2) is 0 Å². The van der Waals surface area contributed by atoms with Crippen LogP contribution < -0.4 is 4.74 Å². The van der Waals surface area contributed by atoms with E-state index >= 15 is 0 Å². The lowest BCUT2D eigenvalue weighted by Gasteiger charge is -2.26. The van der Waals surface area contributed by atoms with Crippen molar-refractivity contribution in [1.82, 2.24) is 9.80 Å². The average Bonchev–Trinajstić information content (AvgIpc) is 2.98. The van der Waals surface area contributed by atoms with E-state index in [9.17, 15) is 14.7 Å². The molecule has 1 fully saturated rings. The number of likely N-dealkylation sites (tertiary alicyclic amines) is 1. The van der Waals surface area contributed by atoms with E-state index in [0.29, 0.717) is 17.9 Å². The molecule has 2 aromatic rings. The highest BCUT2D eigenvalue weighted by molar-refractivity contribution is 6.46. The first-order chi connectivity index (χ1) is 13.9. The number of ketones is 1. The summed E-state index contributed by atoms with van der Waals surface area (Å²) < 4.78 is 5.22. The molecule has 0 aliphatic carbocycles. The molecule has 1 amide bonds. The van der Waals surface area contributed by atoms with E-state index in [4.69, 9.17) is 4.74 Å². The fraction of sp³-hybridized carbons (Fsp3) is 0.304. The third-order valence-electron chi connectivity index (χ3n) is 5.00. The molecule has 0 saturated carbocycles. The van der Waals surface area contributed by atoms with Crippen LogP contribution in [-0.2, 0) is 9.59 Å². The van der Waals surface area contributed by atoms with E-state index in [0.717, 1.165) is 18.5 Å². The number of aliphatic hydroxyl groups is 1. The van der Waals surface area contributed by atoms with Crippen LogP contribution in [0.15, 0.2) is 60.2 Å². The highest BCUT2D eigenvalue weighted by atomic mass is 16.5. The molecule has 2 aromatic carbocycles. The maximum Gasteiger partial charge on any atom is 0.295 e. The SMILES string of the molecule is COc1cccc(C(O)=C2C(=O)C(=O)N(CCCN(C)C)[C@H]2c2ccccc2)c1. The monoisotopic (exact) mass is 394 g/mol. The molecular weight excluding hydrogens is 368 g/mol. The summed E-state index contributed by atoms with van der Waals surface area (Å²) in [5.41, 5.74) is 1.34. The van der Waals surface area contributed by atoms with E-state index in [-0.39, 0.29) is 11.3 Å². The van der Waals surface area contributed by atoms with Crippen LogP contribution in [0.25, 0.3) is 5.76 Å². The Hall–Kier alpha value is -3.12. The van der Waals surface area contributed by atoms with Crippen LogP contribution in [-0.4, -0.2) is 60.9 Å². The van der Waals surface area contributed by atoms with Gasteiger partial charge in [-0.05, 0) is 44.8 Å². The van der Waals surface area contributed by atoms with E-state index in [1.54, 1.807) is 29.2 Å². The minimum absolute atomic E-state index is 0.110. The Balaban J connectivity index is 2.07. The van der Waals surface area contributed by atoms with Gasteiger partial charge in [0.1, 0.15) is 11.5 Å². The molecule has 1 heterocycles. The van der Waals surface area contributed by atoms with Crippen molar-refractivity contribution in [3.05, 3.63) is 71.3 Å². The normalized spacial score (nSPS) is 18.5. The van der Waals surface area contributed by atoms with Crippen molar-refractivity contribution in [3.63, 3.8) is 0 Å². The first-order valence-electron chi connectivity index (χ1n) is 9.56. The van der Waals surface area contributed by atoms with E-state index in [1.807, 2.05) is 49.3 Å². The fourth-order valence-corrected chi connectivity index (χ4v) is 3.58. The average molecular weight is 394 g/mol. The fourth-order valence-electron chi connectivity index (χ4n) is 3.58. The highest BCUT2D eigenvalue weighted by Gasteiger charge is 2.45. The Labute approximate surface area is 171 Å². The van der Waals surface area contributed by atoms with Crippen LogP contribution in [0.1, 0.15) is 23.6 Å². The molecule has 1 saturated heterocycles. The zero-order valence-electron chi connectivity index (χ0n) is 17.0. The number of carbonyl (C=O) groups excluding carboxylic acids is 2. The van der Waals surface area contributed by atoms with Crippen LogP contribution in [0, 0.1) is 0 Å². The maximum absolute atomic E-state index is 12.9. The number of nitrogens with zero attached hydrogens (tertiary/aromatic N) is 2. The summed E-state index contributed by atoms with van der Waals surface area (Å²) >= 11 is 0. The van der Waals surface area contributed by atoms with Crippen molar-refractivity contribution in [2.24, 2.45) is 0 Å². The third-order valence-corrected chi connectivity index (χ3v) is 5.00. The molecule has 0 radical (unpaired) electrons. The second-order valence-electron chi connectivity index (χ2n) is 7.29. The largest absolute Gasteiger partial charge is 0.507 e. The third kappa shape index (κ3) is 4.32. The van der Waals surface area contributed by atoms with Gasteiger partial charge in [0, 0.05) is 12.1 Å². The van der Waals surface area contributed by atoms with Gasteiger partial charge in [0.05, 0.1) is 18.7 Å². The number of aliphatic hydroxyl groups excluding tert-OH is 1. The van der Waals surface area contributed by atoms with Crippen molar-refractivity contribution in [1.29, 1.82) is 0 Å². The molecule has 6 nitrogen and oxygen atoms in total. The number of amides is 1. The second kappa shape index (κ2) is 8.92. The van der Waals surface area contributed by atoms with Crippen LogP contribution >= 0.6 is 0 Å². The van der Waals surface area contributed by atoms with Crippen molar-refractivity contribution in [3.8, 4) is 5.75 Å². The summed E-state index contributed by atoms with van der Waals surface area (Å²) in [6.07, 6.45) is 0.725. The first-order valence-corrected chi connectivity index (χ1v) is 9.56. The van der Waals surface area contributed by atoms with Gasteiger partial charge in [-0.2, -0.15) is 0 Å². The van der Waals surface area contributed by atoms with E-state index < -0.39 is 17.7 Å². The number of rotatable bonds is 7. The van der Waals surface area contributed by atoms with Crippen LogP contribution in [0.2, 0.25) is 0 Å². The Morgan fingerprint density at radius 3 is 2.48 bits per heavy atom. The van der Waals surface area contributed by atoms with Crippen molar-refractivity contribution in [2.45, 2.75) is 12.5 Å². The van der Waals surface area contributed by atoms with Gasteiger partial charge < -0.3 is 19.6 Å². The summed E-state index contributed by atoms with van der Waals surface area (Å²) in [5.74, 6) is -0.872. The Bertz CT molecular complexity index is 921. The predicted molar refractivity (Wildman–Crippen MR) is 112 cm³/mol. The standard InChI is InChI=1S/C23H26N2O4/c1-24(2)13-8-14-25-20(16-9-5-4-6-10-16)19(22(27)23(25)28)21(26)17-11-7-12-18(15-17)29-3/h4-7,9-12,15,20,26H,8,13-14H2,1-3H3/t20-/m0/s1. The second-order valence-corrected chi connectivity index (χ2v) is 7.29. The van der Waals surface area contributed by atoms with Crippen LogP contribution in [0.3, 0.4) is 0 Å². The summed E-state index contributed by atoms with van der Waals surface area (Å²) in [7, 11) is 5.46. The number of benzene rings is 2. The summed E-state index contributed by atoms with van der Waals surface area (Å²) in [4.78, 5) is 29.3. The molecule has 0 unspecified atom stereocenters. The van der Waals surface area contributed by atoms with Crippen molar-refractivity contribution in [2.75, 3.05) is 34.3 Å². The minimum Gasteiger partial charge on any atom is -0.507 e. The zero-order valence-corrected chi connectivity index (χ0v) is 17.0. The number of Topliss-reactive ketones (excluding diaryl/α,β-unsaturated/α-hetero) is 1. The zero-order chi connectivity index (χ0) is 21.0. The molecule has 1 atom stereocenters. The molecule has 0 spiro atoms. The lowest BCUT2D eigenvalue weighted by atomic mass is 9.95. The van der Waals surface area contributed by atoms with Gasteiger partial charge in [-0.1, -0.05) is 42.5 Å². The quantitative estimate of drug-likeness (QED) is 0.444. The molecule has 1 N–H and O–H groups in total. The Morgan fingerprint density at radius 1 is 1.10 bits per heavy atom. The van der Waals surface area contributed by atoms with Gasteiger partial charge in [0.2, 0.25) is 0 Å². The van der Waals surface area contributed by atoms with Gasteiger partial charge in [-0.15, -0.1) is 0 Å². The topological polar surface area (TPSA) is 70.1 Å². The highest BCUT2D eigenvalue weighted by Crippen LogP contribution is 2.39. The van der Waals surface area contributed by atoms with E-state index in [2.05, 4.69) is 0 Å². The van der Waals surface area contributed by atoms with Gasteiger partial charge in [0.25, 0.3) is 11.7 Å². The first kappa shape index (κ1) is 20.6. The maximum atomic E-state index is 12.9. The Kier molecular flexibility index (Phi) is 6.34. The predicted octanol–water partition coefficient (Wildman–Crippen LogP) is 3.07. The van der Waals surface area contributed by atoms with Gasteiger partial charge in [-0.3, -0.25) is 9.59 Å². The summed E-state index contributed by atoms with van der Waals surface area (Å²) in [6.45, 7) is 1.22. The molecule has 1 aliphatic heterocycles. The molecular formula is C23H26N2O4. The van der Waals surface area contributed by atoms with Gasteiger partial charge >= 0.3 is 0 Å². The smallest absolute Gasteiger partial charge is 0.295 e. The number of ether oxygens (including phenoxy) is 1. The number of hydrogen-bond acceptors (Lipinski definition) is 5. The lowest BCUT2D eigenvalue weighted by molar-refractivity contribution is -0.139. The van der Waals surface area contributed by atoms with Crippen molar-refractivity contribution >= 4 is 17.4 Å². The lowest BCUT2D eigenvalue weighted by Crippen LogP contribution is -2.32. The van der Waals surface area contributed by atoms with Crippen LogP contribution in [0.5, 0.6) is 5.75 Å². The molecule has 0 bridgehead atoms. The van der Waals surface area contributed by atoms with Crippen molar-refractivity contribution < 1.29 is 19.4 Å². The molecule has 6 heteroatoms.